The standard InChI is InChI=1S/C24H26FNO5S/c25-19-9-5-17(6-10-19)24(28)18-7-11-22(12-8-18)31-15-23(27)26(20-3-1-2-4-20)21-13-14-32(29,30)16-21/h5-12,20-21H,1-4,13-16H2. The number of benzene rings is 2. The van der Waals surface area contributed by atoms with Crippen LogP contribution in [0.5, 0.6) is 5.75 Å². The lowest BCUT2D eigenvalue weighted by molar-refractivity contribution is -0.137. The van der Waals surface area contributed by atoms with Crippen LogP contribution in [0.3, 0.4) is 0 Å². The molecule has 1 heterocycles. The van der Waals surface area contributed by atoms with Crippen LogP contribution in [0.2, 0.25) is 0 Å². The highest BCUT2D eigenvalue weighted by Gasteiger charge is 2.39. The van der Waals surface area contributed by atoms with E-state index in [0.717, 1.165) is 25.7 Å². The maximum Gasteiger partial charge on any atom is 0.261 e. The fraction of sp³-hybridized carbons (Fsp3) is 0.417. The first kappa shape index (κ1) is 22.5. The Morgan fingerprint density at radius 3 is 2.06 bits per heavy atom. The number of hydrogen-bond acceptors (Lipinski definition) is 5. The molecule has 6 nitrogen and oxygen atoms in total. The van der Waals surface area contributed by atoms with Gasteiger partial charge in [-0.1, -0.05) is 12.8 Å². The predicted octanol–water partition coefficient (Wildman–Crippen LogP) is 3.39. The Kier molecular flexibility index (Phi) is 6.60. The summed E-state index contributed by atoms with van der Waals surface area (Å²) in [6.07, 6.45) is 4.34. The molecule has 1 saturated carbocycles. The van der Waals surface area contributed by atoms with Crippen molar-refractivity contribution in [3.05, 3.63) is 65.5 Å². The van der Waals surface area contributed by atoms with Crippen LogP contribution < -0.4 is 4.74 Å². The molecule has 0 bridgehead atoms. The van der Waals surface area contributed by atoms with E-state index in [2.05, 4.69) is 0 Å². The summed E-state index contributed by atoms with van der Waals surface area (Å²) in [5, 5.41) is 0. The van der Waals surface area contributed by atoms with Crippen LogP contribution in [-0.2, 0) is 14.6 Å². The molecular weight excluding hydrogens is 433 g/mol. The predicted molar refractivity (Wildman–Crippen MR) is 118 cm³/mol. The molecule has 2 aromatic rings. The number of ketones is 1. The van der Waals surface area contributed by atoms with Gasteiger partial charge in [0, 0.05) is 23.2 Å². The number of rotatable bonds is 7. The Labute approximate surface area is 187 Å². The Balaban J connectivity index is 1.39. The topological polar surface area (TPSA) is 80.8 Å². The van der Waals surface area contributed by atoms with Gasteiger partial charge in [-0.25, -0.2) is 12.8 Å². The molecule has 0 radical (unpaired) electrons. The minimum Gasteiger partial charge on any atom is -0.484 e. The second-order valence-electron chi connectivity index (χ2n) is 8.45. The lowest BCUT2D eigenvalue weighted by Crippen LogP contribution is -2.48. The van der Waals surface area contributed by atoms with E-state index in [1.54, 1.807) is 29.2 Å². The van der Waals surface area contributed by atoms with E-state index >= 15 is 0 Å². The van der Waals surface area contributed by atoms with Gasteiger partial charge in [-0.05, 0) is 67.8 Å². The molecule has 2 aromatic carbocycles. The van der Waals surface area contributed by atoms with Gasteiger partial charge in [-0.3, -0.25) is 9.59 Å². The van der Waals surface area contributed by atoms with Crippen molar-refractivity contribution < 1.29 is 27.1 Å². The van der Waals surface area contributed by atoms with Crippen LogP contribution in [0, 0.1) is 5.82 Å². The SMILES string of the molecule is O=C(c1ccc(F)cc1)c1ccc(OCC(=O)N(C2CCCC2)C2CCS(=O)(=O)C2)cc1. The normalized spacial score (nSPS) is 20.2. The van der Waals surface area contributed by atoms with E-state index < -0.39 is 15.7 Å². The van der Waals surface area contributed by atoms with Gasteiger partial charge in [0.15, 0.2) is 22.2 Å². The molecule has 8 heteroatoms. The molecule has 32 heavy (non-hydrogen) atoms. The lowest BCUT2D eigenvalue weighted by Gasteiger charge is -2.34. The van der Waals surface area contributed by atoms with Gasteiger partial charge in [0.05, 0.1) is 11.5 Å². The first-order valence-electron chi connectivity index (χ1n) is 10.9. The average molecular weight is 460 g/mol. The highest BCUT2D eigenvalue weighted by molar-refractivity contribution is 7.91. The zero-order valence-corrected chi connectivity index (χ0v) is 18.5. The molecule has 4 rings (SSSR count). The van der Waals surface area contributed by atoms with Crippen LogP contribution in [0.15, 0.2) is 48.5 Å². The van der Waals surface area contributed by atoms with E-state index in [-0.39, 0.29) is 41.9 Å². The highest BCUT2D eigenvalue weighted by Crippen LogP contribution is 2.29. The monoisotopic (exact) mass is 459 g/mol. The largest absolute Gasteiger partial charge is 0.484 e. The third-order valence-corrected chi connectivity index (χ3v) is 7.94. The maximum absolute atomic E-state index is 13.1. The third kappa shape index (κ3) is 5.18. The van der Waals surface area contributed by atoms with Crippen LogP contribution in [0.4, 0.5) is 4.39 Å². The number of sulfone groups is 1. The molecule has 0 N–H and O–H groups in total. The van der Waals surface area contributed by atoms with Gasteiger partial charge >= 0.3 is 0 Å². The second kappa shape index (κ2) is 9.40. The summed E-state index contributed by atoms with van der Waals surface area (Å²) in [7, 11) is -3.10. The molecule has 2 aliphatic rings. The molecular formula is C24H26FNO5S. The van der Waals surface area contributed by atoms with E-state index in [1.807, 2.05) is 0 Å². The minimum absolute atomic E-state index is 0.0232. The van der Waals surface area contributed by atoms with Crippen molar-refractivity contribution in [1.29, 1.82) is 0 Å². The third-order valence-electron chi connectivity index (χ3n) is 6.19. The number of carbonyl (C=O) groups excluding carboxylic acids is 2. The second-order valence-corrected chi connectivity index (χ2v) is 10.7. The summed E-state index contributed by atoms with van der Waals surface area (Å²) in [4.78, 5) is 27.3. The summed E-state index contributed by atoms with van der Waals surface area (Å²) in [5.74, 6) is -0.252. The Hall–Kier alpha value is -2.74. The molecule has 1 atom stereocenters. The molecule has 0 spiro atoms. The van der Waals surface area contributed by atoms with Crippen LogP contribution in [-0.4, -0.2) is 55.2 Å². The number of amides is 1. The van der Waals surface area contributed by atoms with E-state index in [9.17, 15) is 22.4 Å². The van der Waals surface area contributed by atoms with Crippen molar-refractivity contribution in [3.8, 4) is 5.75 Å². The summed E-state index contributed by atoms with van der Waals surface area (Å²) >= 11 is 0. The van der Waals surface area contributed by atoms with Crippen molar-refractivity contribution in [3.63, 3.8) is 0 Å². The minimum atomic E-state index is -3.10. The first-order valence-corrected chi connectivity index (χ1v) is 12.7. The number of ether oxygens (including phenoxy) is 1. The molecule has 170 valence electrons. The van der Waals surface area contributed by atoms with Crippen LogP contribution >= 0.6 is 0 Å². The van der Waals surface area contributed by atoms with E-state index in [0.29, 0.717) is 23.3 Å². The Bertz CT molecular complexity index is 1080. The average Bonchev–Trinajstić information content (AvgIpc) is 3.43. The van der Waals surface area contributed by atoms with Gasteiger partial charge in [0.1, 0.15) is 11.6 Å². The number of nitrogens with zero attached hydrogens (tertiary/aromatic N) is 1. The molecule has 1 amide bonds. The van der Waals surface area contributed by atoms with Gasteiger partial charge in [0.25, 0.3) is 5.91 Å². The van der Waals surface area contributed by atoms with Gasteiger partial charge in [0.2, 0.25) is 0 Å². The summed E-state index contributed by atoms with van der Waals surface area (Å²) < 4.78 is 42.6. The number of carbonyl (C=O) groups is 2. The fourth-order valence-electron chi connectivity index (χ4n) is 4.57. The quantitative estimate of drug-likeness (QED) is 0.593. The lowest BCUT2D eigenvalue weighted by atomic mass is 10.0. The van der Waals surface area contributed by atoms with Crippen molar-refractivity contribution in [2.75, 3.05) is 18.1 Å². The molecule has 1 aliphatic heterocycles. The summed E-state index contributed by atoms with van der Waals surface area (Å²) in [5.41, 5.74) is 0.813. The molecule has 1 unspecified atom stereocenters. The molecule has 1 aliphatic carbocycles. The smallest absolute Gasteiger partial charge is 0.261 e. The number of hydrogen-bond donors (Lipinski definition) is 0. The molecule has 1 saturated heterocycles. The zero-order valence-electron chi connectivity index (χ0n) is 17.7. The van der Waals surface area contributed by atoms with Crippen molar-refractivity contribution in [2.24, 2.45) is 0 Å². The van der Waals surface area contributed by atoms with E-state index in [1.165, 1.54) is 24.3 Å². The Morgan fingerprint density at radius 1 is 0.906 bits per heavy atom. The van der Waals surface area contributed by atoms with Crippen LogP contribution in [0.1, 0.15) is 48.0 Å². The molecule has 2 fully saturated rings. The highest BCUT2D eigenvalue weighted by atomic mass is 32.2. The van der Waals surface area contributed by atoms with Crippen molar-refractivity contribution >= 4 is 21.5 Å². The number of halogens is 1. The van der Waals surface area contributed by atoms with Crippen LogP contribution in [0.25, 0.3) is 0 Å². The summed E-state index contributed by atoms with van der Waals surface area (Å²) in [6.45, 7) is -0.182. The summed E-state index contributed by atoms with van der Waals surface area (Å²) in [6, 6.07) is 11.6. The first-order chi connectivity index (χ1) is 15.3. The Morgan fingerprint density at radius 2 is 1.50 bits per heavy atom. The maximum atomic E-state index is 13.1. The molecule has 0 aromatic heterocycles. The van der Waals surface area contributed by atoms with Gasteiger partial charge in [-0.2, -0.15) is 0 Å². The van der Waals surface area contributed by atoms with Crippen molar-refractivity contribution in [2.45, 2.75) is 44.2 Å². The fourth-order valence-corrected chi connectivity index (χ4v) is 6.28. The van der Waals surface area contributed by atoms with Gasteiger partial charge < -0.3 is 9.64 Å². The zero-order chi connectivity index (χ0) is 22.7. The van der Waals surface area contributed by atoms with E-state index in [4.69, 9.17) is 4.74 Å². The van der Waals surface area contributed by atoms with Crippen molar-refractivity contribution in [1.82, 2.24) is 4.90 Å². The van der Waals surface area contributed by atoms with Gasteiger partial charge in [-0.15, -0.1) is 0 Å².